The molecule has 0 aromatic heterocycles. The lowest BCUT2D eigenvalue weighted by molar-refractivity contribution is -0.116. The predicted octanol–water partition coefficient (Wildman–Crippen LogP) is 5.13. The van der Waals surface area contributed by atoms with Gasteiger partial charge in [0, 0.05) is 25.7 Å². The summed E-state index contributed by atoms with van der Waals surface area (Å²) in [6.07, 6.45) is 5.34. The molecule has 1 aliphatic carbocycles. The number of hydrogen-bond donors (Lipinski definition) is 0. The van der Waals surface area contributed by atoms with Gasteiger partial charge in [0.25, 0.3) is 0 Å². The molecule has 3 nitrogen and oxygen atoms in total. The summed E-state index contributed by atoms with van der Waals surface area (Å²) in [6, 6.07) is 12.3. The zero-order chi connectivity index (χ0) is 18.3. The number of benzene rings is 2. The number of ether oxygens (including phenoxy) is 1. The molecule has 26 heavy (non-hydrogen) atoms. The average molecular weight is 368 g/mol. The van der Waals surface area contributed by atoms with Crippen LogP contribution in [0.25, 0.3) is 12.2 Å². The van der Waals surface area contributed by atoms with Crippen molar-refractivity contribution in [1.29, 1.82) is 0 Å². The Kier molecular flexibility index (Phi) is 4.60. The highest BCUT2D eigenvalue weighted by atomic mass is 35.5. The van der Waals surface area contributed by atoms with E-state index >= 15 is 0 Å². The molecule has 1 aliphatic heterocycles. The van der Waals surface area contributed by atoms with E-state index in [4.69, 9.17) is 16.3 Å². The van der Waals surface area contributed by atoms with Crippen LogP contribution in [0.3, 0.4) is 0 Å². The van der Waals surface area contributed by atoms with Crippen LogP contribution in [0.5, 0.6) is 0 Å². The zero-order valence-corrected chi connectivity index (χ0v) is 15.8. The second kappa shape index (κ2) is 6.90. The fourth-order valence-corrected chi connectivity index (χ4v) is 4.01. The number of halogens is 1. The van der Waals surface area contributed by atoms with Gasteiger partial charge in [-0.05, 0) is 58.7 Å². The van der Waals surface area contributed by atoms with Gasteiger partial charge in [0.15, 0.2) is 0 Å². The third-order valence-corrected chi connectivity index (χ3v) is 5.57. The Morgan fingerprint density at radius 3 is 2.77 bits per heavy atom. The number of carbonyl (C=O) groups is 1. The first-order valence-corrected chi connectivity index (χ1v) is 9.32. The van der Waals surface area contributed by atoms with Crippen LogP contribution in [0.1, 0.15) is 41.5 Å². The number of fused-ring (bicyclic) bond motifs is 2. The maximum absolute atomic E-state index is 12.3. The molecular weight excluding hydrogens is 346 g/mol. The Hall–Kier alpha value is -2.10. The van der Waals surface area contributed by atoms with E-state index in [1.807, 2.05) is 29.2 Å². The van der Waals surface area contributed by atoms with Crippen LogP contribution in [-0.4, -0.2) is 19.6 Å². The summed E-state index contributed by atoms with van der Waals surface area (Å²) in [4.78, 5) is 14.2. The summed E-state index contributed by atoms with van der Waals surface area (Å²) >= 11 is 6.15. The van der Waals surface area contributed by atoms with Crippen molar-refractivity contribution in [3.05, 3.63) is 63.7 Å². The minimum Gasteiger partial charge on any atom is -0.384 e. The molecule has 1 saturated carbocycles. The lowest BCUT2D eigenvalue weighted by Gasteiger charge is -2.26. The van der Waals surface area contributed by atoms with Gasteiger partial charge in [0.1, 0.15) is 0 Å². The lowest BCUT2D eigenvalue weighted by Crippen LogP contribution is -2.29. The Labute approximate surface area is 159 Å². The second-order valence-electron chi connectivity index (χ2n) is 7.16. The van der Waals surface area contributed by atoms with Crippen LogP contribution in [-0.2, 0) is 16.1 Å². The van der Waals surface area contributed by atoms with Crippen molar-refractivity contribution >= 4 is 35.3 Å². The normalized spacial score (nSPS) is 22.0. The van der Waals surface area contributed by atoms with Crippen molar-refractivity contribution in [3.8, 4) is 0 Å². The van der Waals surface area contributed by atoms with Crippen LogP contribution in [0.4, 0.5) is 5.69 Å². The van der Waals surface area contributed by atoms with Gasteiger partial charge in [-0.15, -0.1) is 0 Å². The summed E-state index contributed by atoms with van der Waals surface area (Å²) in [6.45, 7) is 3.00. The molecule has 134 valence electrons. The molecular formula is C22H22ClNO2. The fourth-order valence-electron chi connectivity index (χ4n) is 3.83. The third kappa shape index (κ3) is 3.29. The number of anilines is 1. The van der Waals surface area contributed by atoms with Crippen molar-refractivity contribution in [2.75, 3.05) is 18.6 Å². The molecule has 2 aromatic rings. The van der Waals surface area contributed by atoms with Crippen molar-refractivity contribution in [3.63, 3.8) is 0 Å². The molecule has 4 rings (SSSR count). The molecule has 0 spiro atoms. The molecule has 1 amide bonds. The highest BCUT2D eigenvalue weighted by Gasteiger charge is 2.38. The standard InChI is InChI=1S/C22H22ClNO2/c1-14(25)24-12-18-9-16(21-11-19(21)13-26-2)5-3-15(18)4-6-17-10-20(23)7-8-22(17)24/h3-10,19,21H,11-13H2,1-2H3/b6-4-/t19-,21-/m0/s1. The van der Waals surface area contributed by atoms with Gasteiger partial charge in [0.05, 0.1) is 12.2 Å². The first-order chi connectivity index (χ1) is 12.6. The van der Waals surface area contributed by atoms with Crippen LogP contribution >= 0.6 is 11.6 Å². The molecule has 1 heterocycles. The minimum atomic E-state index is 0.0314. The Morgan fingerprint density at radius 2 is 2.00 bits per heavy atom. The largest absolute Gasteiger partial charge is 0.384 e. The Balaban J connectivity index is 1.73. The summed E-state index contributed by atoms with van der Waals surface area (Å²) in [5.74, 6) is 1.23. The highest BCUT2D eigenvalue weighted by Crippen LogP contribution is 2.48. The number of methoxy groups -OCH3 is 1. The van der Waals surface area contributed by atoms with E-state index in [-0.39, 0.29) is 5.91 Å². The monoisotopic (exact) mass is 367 g/mol. The minimum absolute atomic E-state index is 0.0314. The molecule has 2 atom stereocenters. The smallest absolute Gasteiger partial charge is 0.224 e. The van der Waals surface area contributed by atoms with Crippen molar-refractivity contribution in [2.24, 2.45) is 5.92 Å². The quantitative estimate of drug-likeness (QED) is 0.752. The van der Waals surface area contributed by atoms with E-state index in [0.29, 0.717) is 23.4 Å². The predicted molar refractivity (Wildman–Crippen MR) is 106 cm³/mol. The first kappa shape index (κ1) is 17.3. The second-order valence-corrected chi connectivity index (χ2v) is 7.59. The highest BCUT2D eigenvalue weighted by molar-refractivity contribution is 6.30. The average Bonchev–Trinajstić information content (AvgIpc) is 3.36. The SMILES string of the molecule is COC[C@@H]1C[C@H]1c1ccc2c(c1)CN(C(C)=O)c1ccc(Cl)cc1/C=C\2. The van der Waals surface area contributed by atoms with Crippen LogP contribution in [0, 0.1) is 5.92 Å². The van der Waals surface area contributed by atoms with E-state index in [1.165, 1.54) is 17.5 Å². The van der Waals surface area contributed by atoms with E-state index in [0.717, 1.165) is 23.4 Å². The molecule has 0 bridgehead atoms. The third-order valence-electron chi connectivity index (χ3n) is 5.33. The first-order valence-electron chi connectivity index (χ1n) is 8.94. The van der Waals surface area contributed by atoms with Gasteiger partial charge in [0.2, 0.25) is 5.91 Å². The Bertz CT molecular complexity index is 890. The van der Waals surface area contributed by atoms with E-state index in [2.05, 4.69) is 24.3 Å². The number of rotatable bonds is 3. The molecule has 4 heteroatoms. The number of nitrogens with zero attached hydrogens (tertiary/aromatic N) is 1. The van der Waals surface area contributed by atoms with Gasteiger partial charge >= 0.3 is 0 Å². The van der Waals surface area contributed by atoms with E-state index in [1.54, 1.807) is 14.0 Å². The molecule has 1 fully saturated rings. The summed E-state index contributed by atoms with van der Waals surface area (Å²) in [5, 5.41) is 0.672. The van der Waals surface area contributed by atoms with Gasteiger partial charge in [-0.3, -0.25) is 4.79 Å². The summed E-state index contributed by atoms with van der Waals surface area (Å²) in [5.41, 5.74) is 5.54. The molecule has 0 unspecified atom stereocenters. The van der Waals surface area contributed by atoms with Crippen LogP contribution in [0.2, 0.25) is 5.02 Å². The maximum Gasteiger partial charge on any atom is 0.224 e. The van der Waals surface area contributed by atoms with E-state index in [9.17, 15) is 4.79 Å². The summed E-state index contributed by atoms with van der Waals surface area (Å²) in [7, 11) is 1.76. The maximum atomic E-state index is 12.3. The number of hydrogen-bond acceptors (Lipinski definition) is 2. The van der Waals surface area contributed by atoms with E-state index < -0.39 is 0 Å². The van der Waals surface area contributed by atoms with Crippen molar-refractivity contribution in [2.45, 2.75) is 25.8 Å². The Morgan fingerprint density at radius 1 is 1.19 bits per heavy atom. The van der Waals surface area contributed by atoms with Crippen molar-refractivity contribution in [1.82, 2.24) is 0 Å². The van der Waals surface area contributed by atoms with Gasteiger partial charge in [-0.1, -0.05) is 42.0 Å². The van der Waals surface area contributed by atoms with Gasteiger partial charge < -0.3 is 9.64 Å². The number of carbonyl (C=O) groups excluding carboxylic acids is 1. The van der Waals surface area contributed by atoms with Gasteiger partial charge in [-0.25, -0.2) is 0 Å². The van der Waals surface area contributed by atoms with Crippen molar-refractivity contribution < 1.29 is 9.53 Å². The van der Waals surface area contributed by atoms with Crippen LogP contribution in [0.15, 0.2) is 36.4 Å². The molecule has 2 aliphatic rings. The van der Waals surface area contributed by atoms with Gasteiger partial charge in [-0.2, -0.15) is 0 Å². The summed E-state index contributed by atoms with van der Waals surface area (Å²) < 4.78 is 5.29. The van der Waals surface area contributed by atoms with Crippen LogP contribution < -0.4 is 4.90 Å². The fraction of sp³-hybridized carbons (Fsp3) is 0.318. The molecule has 0 N–H and O–H groups in total. The molecule has 0 saturated heterocycles. The lowest BCUT2D eigenvalue weighted by atomic mass is 9.97. The number of amides is 1. The molecule has 0 radical (unpaired) electrons. The zero-order valence-electron chi connectivity index (χ0n) is 15.0. The molecule has 2 aromatic carbocycles. The topological polar surface area (TPSA) is 29.5 Å².